The highest BCUT2D eigenvalue weighted by atomic mass is 32.1. The lowest BCUT2D eigenvalue weighted by molar-refractivity contribution is 0.0526. The van der Waals surface area contributed by atoms with E-state index in [9.17, 15) is 9.59 Å². The Balaban J connectivity index is 1.76. The number of hydrogen-bond donors (Lipinski definition) is 2. The number of carbonyl (C=O) groups is 2. The van der Waals surface area contributed by atoms with Crippen LogP contribution in [-0.2, 0) is 9.47 Å². The summed E-state index contributed by atoms with van der Waals surface area (Å²) in [6.45, 7) is 6.53. The second-order valence-electron chi connectivity index (χ2n) is 6.77. The zero-order valence-corrected chi connectivity index (χ0v) is 17.9. The maximum atomic E-state index is 12.5. The predicted molar refractivity (Wildman–Crippen MR) is 120 cm³/mol. The number of amides is 1. The molecule has 1 fully saturated rings. The molecule has 0 spiro atoms. The summed E-state index contributed by atoms with van der Waals surface area (Å²) in [5.41, 5.74) is 3.23. The lowest BCUT2D eigenvalue weighted by Crippen LogP contribution is -2.37. The molecule has 1 aliphatic rings. The van der Waals surface area contributed by atoms with Crippen LogP contribution in [0.2, 0.25) is 0 Å². The van der Waals surface area contributed by atoms with Crippen molar-refractivity contribution in [2.24, 2.45) is 0 Å². The summed E-state index contributed by atoms with van der Waals surface area (Å²) in [6.07, 6.45) is 0. The van der Waals surface area contributed by atoms with E-state index in [4.69, 9.17) is 21.7 Å². The minimum absolute atomic E-state index is 0.150. The van der Waals surface area contributed by atoms with Crippen LogP contribution in [-0.4, -0.2) is 49.9 Å². The van der Waals surface area contributed by atoms with Crippen molar-refractivity contribution >= 4 is 40.6 Å². The highest BCUT2D eigenvalue weighted by Gasteiger charge is 2.20. The van der Waals surface area contributed by atoms with Crippen LogP contribution in [0.3, 0.4) is 0 Å². The van der Waals surface area contributed by atoms with Crippen LogP contribution in [0.5, 0.6) is 0 Å². The summed E-state index contributed by atoms with van der Waals surface area (Å²) < 4.78 is 10.6. The van der Waals surface area contributed by atoms with Gasteiger partial charge in [-0.05, 0) is 55.9 Å². The van der Waals surface area contributed by atoms with E-state index in [2.05, 4.69) is 15.5 Å². The first-order valence-electron chi connectivity index (χ1n) is 9.81. The maximum Gasteiger partial charge on any atom is 0.340 e. The third kappa shape index (κ3) is 5.34. The van der Waals surface area contributed by atoms with Gasteiger partial charge >= 0.3 is 5.97 Å². The van der Waals surface area contributed by atoms with E-state index < -0.39 is 5.97 Å². The molecule has 2 aromatic rings. The summed E-state index contributed by atoms with van der Waals surface area (Å²) in [5, 5.41) is 5.80. The first-order valence-corrected chi connectivity index (χ1v) is 10.2. The Labute approximate surface area is 181 Å². The van der Waals surface area contributed by atoms with Gasteiger partial charge in [-0.1, -0.05) is 18.2 Å². The molecule has 0 bridgehead atoms. The van der Waals surface area contributed by atoms with Crippen LogP contribution in [0.1, 0.15) is 33.2 Å². The van der Waals surface area contributed by atoms with Crippen molar-refractivity contribution in [3.05, 3.63) is 59.2 Å². The molecule has 0 saturated carbocycles. The second-order valence-corrected chi connectivity index (χ2v) is 7.18. The molecule has 1 aliphatic heterocycles. The number of aryl methyl sites for hydroxylation is 1. The largest absolute Gasteiger partial charge is 0.462 e. The molecule has 30 heavy (non-hydrogen) atoms. The standard InChI is InChI=1S/C22H25N3O4S/c1-3-29-21(27)18-14-16(8-9-19(18)25-10-12-28-13-11-25)23-22(30)24-20(26)17-7-5-4-6-15(17)2/h4-9,14H,3,10-13H2,1-2H3,(H2,23,24,26,30). The van der Waals surface area contributed by atoms with Crippen molar-refractivity contribution in [1.29, 1.82) is 0 Å². The maximum absolute atomic E-state index is 12.5. The van der Waals surface area contributed by atoms with Crippen LogP contribution in [0.4, 0.5) is 11.4 Å². The predicted octanol–water partition coefficient (Wildman–Crippen LogP) is 3.14. The average molecular weight is 428 g/mol. The molecule has 158 valence electrons. The molecule has 0 aliphatic carbocycles. The van der Waals surface area contributed by atoms with Crippen molar-refractivity contribution in [3.8, 4) is 0 Å². The molecule has 2 N–H and O–H groups in total. The first kappa shape index (κ1) is 21.7. The Morgan fingerprint density at radius 1 is 1.13 bits per heavy atom. The Morgan fingerprint density at radius 2 is 1.87 bits per heavy atom. The molecule has 8 heteroatoms. The molecular weight excluding hydrogens is 402 g/mol. The van der Waals surface area contributed by atoms with E-state index >= 15 is 0 Å². The molecule has 3 rings (SSSR count). The van der Waals surface area contributed by atoms with Gasteiger partial charge in [0.15, 0.2) is 5.11 Å². The number of nitrogens with one attached hydrogen (secondary N) is 2. The average Bonchev–Trinajstić information content (AvgIpc) is 2.74. The van der Waals surface area contributed by atoms with Gasteiger partial charge in [-0.2, -0.15) is 0 Å². The van der Waals surface area contributed by atoms with Crippen molar-refractivity contribution in [1.82, 2.24) is 5.32 Å². The fourth-order valence-electron chi connectivity index (χ4n) is 3.23. The van der Waals surface area contributed by atoms with Gasteiger partial charge in [0.25, 0.3) is 5.91 Å². The SMILES string of the molecule is CCOC(=O)c1cc(NC(=S)NC(=O)c2ccccc2C)ccc1N1CCOCC1. The number of hydrogen-bond acceptors (Lipinski definition) is 6. The monoisotopic (exact) mass is 427 g/mol. The number of nitrogens with zero attached hydrogens (tertiary/aromatic N) is 1. The second kappa shape index (κ2) is 10.2. The molecule has 1 heterocycles. The molecule has 1 amide bonds. The Kier molecular flexibility index (Phi) is 7.37. The number of rotatable bonds is 5. The van der Waals surface area contributed by atoms with Crippen LogP contribution in [0.25, 0.3) is 0 Å². The lowest BCUT2D eigenvalue weighted by Gasteiger charge is -2.30. The van der Waals surface area contributed by atoms with E-state index in [-0.39, 0.29) is 17.6 Å². The summed E-state index contributed by atoms with van der Waals surface area (Å²) in [6, 6.07) is 12.6. The van der Waals surface area contributed by atoms with Crippen LogP contribution < -0.4 is 15.5 Å². The number of anilines is 2. The van der Waals surface area contributed by atoms with E-state index in [1.165, 1.54) is 0 Å². The minimum Gasteiger partial charge on any atom is -0.462 e. The molecule has 0 atom stereocenters. The molecule has 7 nitrogen and oxygen atoms in total. The normalized spacial score (nSPS) is 13.5. The molecule has 1 saturated heterocycles. The highest BCUT2D eigenvalue weighted by molar-refractivity contribution is 7.80. The number of benzene rings is 2. The smallest absolute Gasteiger partial charge is 0.340 e. The zero-order chi connectivity index (χ0) is 21.5. The van der Waals surface area contributed by atoms with Gasteiger partial charge in [0.2, 0.25) is 0 Å². The van der Waals surface area contributed by atoms with E-state index in [0.29, 0.717) is 43.1 Å². The van der Waals surface area contributed by atoms with Gasteiger partial charge in [-0.3, -0.25) is 10.1 Å². The van der Waals surface area contributed by atoms with Crippen LogP contribution >= 0.6 is 12.2 Å². The van der Waals surface area contributed by atoms with Gasteiger partial charge in [0, 0.05) is 24.3 Å². The van der Waals surface area contributed by atoms with E-state index in [1.807, 2.05) is 31.2 Å². The third-order valence-corrected chi connectivity index (χ3v) is 4.92. The topological polar surface area (TPSA) is 79.9 Å². The van der Waals surface area contributed by atoms with Crippen molar-refractivity contribution < 1.29 is 19.1 Å². The van der Waals surface area contributed by atoms with Crippen molar-refractivity contribution in [2.45, 2.75) is 13.8 Å². The molecule has 0 radical (unpaired) electrons. The summed E-state index contributed by atoms with van der Waals surface area (Å²) in [7, 11) is 0. The molecular formula is C22H25N3O4S. The Hall–Kier alpha value is -2.97. The molecule has 0 aromatic heterocycles. The van der Waals surface area contributed by atoms with Gasteiger partial charge in [-0.15, -0.1) is 0 Å². The van der Waals surface area contributed by atoms with Gasteiger partial charge in [0.05, 0.1) is 31.1 Å². The molecule has 2 aromatic carbocycles. The Bertz CT molecular complexity index is 942. The number of carbonyl (C=O) groups excluding carboxylic acids is 2. The molecule has 0 unspecified atom stereocenters. The number of thiocarbonyl (C=S) groups is 1. The third-order valence-electron chi connectivity index (χ3n) is 4.72. The van der Waals surface area contributed by atoms with E-state index in [1.54, 1.807) is 25.1 Å². The fraction of sp³-hybridized carbons (Fsp3) is 0.318. The zero-order valence-electron chi connectivity index (χ0n) is 17.1. The minimum atomic E-state index is -0.405. The van der Waals surface area contributed by atoms with Gasteiger partial charge in [-0.25, -0.2) is 4.79 Å². The first-order chi connectivity index (χ1) is 14.5. The van der Waals surface area contributed by atoms with Gasteiger partial charge < -0.3 is 19.7 Å². The van der Waals surface area contributed by atoms with Crippen molar-refractivity contribution in [3.63, 3.8) is 0 Å². The van der Waals surface area contributed by atoms with Crippen LogP contribution in [0.15, 0.2) is 42.5 Å². The quantitative estimate of drug-likeness (QED) is 0.561. The lowest BCUT2D eigenvalue weighted by atomic mass is 10.1. The summed E-state index contributed by atoms with van der Waals surface area (Å²) in [4.78, 5) is 27.1. The summed E-state index contributed by atoms with van der Waals surface area (Å²) in [5.74, 6) is -0.696. The number of esters is 1. The van der Waals surface area contributed by atoms with Gasteiger partial charge in [0.1, 0.15) is 0 Å². The van der Waals surface area contributed by atoms with Crippen LogP contribution in [0, 0.1) is 6.92 Å². The fourth-order valence-corrected chi connectivity index (χ4v) is 3.44. The van der Waals surface area contributed by atoms with Crippen molar-refractivity contribution in [2.75, 3.05) is 43.1 Å². The summed E-state index contributed by atoms with van der Waals surface area (Å²) >= 11 is 5.29. The number of morpholine rings is 1. The number of ether oxygens (including phenoxy) is 2. The van der Waals surface area contributed by atoms with E-state index in [0.717, 1.165) is 11.3 Å². The Morgan fingerprint density at radius 3 is 2.57 bits per heavy atom. The highest BCUT2D eigenvalue weighted by Crippen LogP contribution is 2.26.